The lowest BCUT2D eigenvalue weighted by Crippen LogP contribution is -2.57. The van der Waals surface area contributed by atoms with E-state index >= 15 is 0 Å². The molecule has 0 heterocycles. The Kier molecular flexibility index (Phi) is 6.02. The molecule has 31 heavy (non-hydrogen) atoms. The highest BCUT2D eigenvalue weighted by Crippen LogP contribution is 2.68. The number of aliphatic hydroxyl groups excluding tert-OH is 2. The molecule has 4 aliphatic rings. The molecule has 0 aliphatic heterocycles. The lowest BCUT2D eigenvalue weighted by Gasteiger charge is -2.59. The maximum atomic E-state index is 12.0. The van der Waals surface area contributed by atoms with Crippen LogP contribution in [0.2, 0.25) is 0 Å². The first kappa shape index (κ1) is 23.4. The molecule has 0 aromatic heterocycles. The molecule has 0 amide bonds. The van der Waals surface area contributed by atoms with Gasteiger partial charge in [0.15, 0.2) is 5.78 Å². The number of hydrogen-bond acceptors (Lipinski definition) is 4. The first-order valence-corrected chi connectivity index (χ1v) is 12.7. The number of rotatable bonds is 5. The Hall–Kier alpha value is -0.710. The Morgan fingerprint density at radius 2 is 1.84 bits per heavy atom. The number of fused-ring (bicyclic) bond motifs is 5. The topological polar surface area (TPSA) is 77.8 Å². The summed E-state index contributed by atoms with van der Waals surface area (Å²) in [4.78, 5) is 12.0. The molecule has 0 bridgehead atoms. The molecule has 0 saturated heterocycles. The highest BCUT2D eigenvalue weighted by Gasteiger charge is 2.65. The van der Waals surface area contributed by atoms with Gasteiger partial charge in [0.05, 0.1) is 17.8 Å². The quantitative estimate of drug-likeness (QED) is 0.591. The van der Waals surface area contributed by atoms with Crippen molar-refractivity contribution in [1.82, 2.24) is 0 Å². The Morgan fingerprint density at radius 3 is 2.52 bits per heavy atom. The van der Waals surface area contributed by atoms with E-state index in [1.165, 1.54) is 5.57 Å². The van der Waals surface area contributed by atoms with Crippen LogP contribution in [0.4, 0.5) is 0 Å². The lowest BCUT2D eigenvalue weighted by atomic mass is 9.46. The summed E-state index contributed by atoms with van der Waals surface area (Å²) in [6.07, 6.45) is 8.47. The minimum absolute atomic E-state index is 0.112. The van der Waals surface area contributed by atoms with Gasteiger partial charge in [-0.05, 0) is 98.9 Å². The first-order chi connectivity index (χ1) is 14.4. The van der Waals surface area contributed by atoms with Gasteiger partial charge in [0, 0.05) is 12.3 Å². The molecule has 3 fully saturated rings. The summed E-state index contributed by atoms with van der Waals surface area (Å²) in [5.41, 5.74) is 0.0246. The molecule has 4 aliphatic carbocycles. The molecule has 0 aromatic rings. The van der Waals surface area contributed by atoms with Crippen LogP contribution in [0.5, 0.6) is 0 Å². The summed E-state index contributed by atoms with van der Waals surface area (Å²) in [7, 11) is 0. The van der Waals surface area contributed by atoms with E-state index in [4.69, 9.17) is 0 Å². The van der Waals surface area contributed by atoms with E-state index in [1.54, 1.807) is 6.92 Å². The summed E-state index contributed by atoms with van der Waals surface area (Å²) in [5, 5.41) is 33.8. The van der Waals surface area contributed by atoms with Gasteiger partial charge in [0.25, 0.3) is 0 Å². The van der Waals surface area contributed by atoms with Crippen molar-refractivity contribution < 1.29 is 20.1 Å². The molecule has 0 spiro atoms. The second kappa shape index (κ2) is 7.95. The fourth-order valence-electron chi connectivity index (χ4n) is 8.62. The molecule has 3 N–H and O–H groups in total. The fourth-order valence-corrected chi connectivity index (χ4v) is 8.62. The predicted molar refractivity (Wildman–Crippen MR) is 122 cm³/mol. The van der Waals surface area contributed by atoms with E-state index in [9.17, 15) is 20.1 Å². The average Bonchev–Trinajstić information content (AvgIpc) is 2.97. The summed E-state index contributed by atoms with van der Waals surface area (Å²) in [6.45, 7) is 10.7. The van der Waals surface area contributed by atoms with Crippen LogP contribution < -0.4 is 0 Å². The maximum Gasteiger partial charge on any atom is 0.155 e. The van der Waals surface area contributed by atoms with Crippen LogP contribution in [0.3, 0.4) is 0 Å². The fraction of sp³-hybridized carbons (Fsp3) is 0.889. The largest absolute Gasteiger partial charge is 0.393 e. The zero-order chi connectivity index (χ0) is 22.8. The second-order valence-corrected chi connectivity index (χ2v) is 12.5. The van der Waals surface area contributed by atoms with Gasteiger partial charge in [0.1, 0.15) is 0 Å². The molecule has 0 aromatic carbocycles. The average molecular weight is 433 g/mol. The Bertz CT molecular complexity index is 740. The number of ketones is 1. The van der Waals surface area contributed by atoms with Crippen molar-refractivity contribution in [2.24, 2.45) is 40.4 Å². The SMILES string of the molecule is CC(C)CCC(O)C(C)(O)C1C(O)CC2C3CCC4=CC(=O)CCC4(C)C3CCC21C. The monoisotopic (exact) mass is 432 g/mol. The van der Waals surface area contributed by atoms with Crippen LogP contribution in [0, 0.1) is 40.4 Å². The van der Waals surface area contributed by atoms with E-state index in [2.05, 4.69) is 27.7 Å². The molecule has 4 nitrogen and oxygen atoms in total. The van der Waals surface area contributed by atoms with Gasteiger partial charge in [0.2, 0.25) is 0 Å². The van der Waals surface area contributed by atoms with Crippen LogP contribution in [-0.4, -0.2) is 38.9 Å². The summed E-state index contributed by atoms with van der Waals surface area (Å²) < 4.78 is 0. The molecule has 3 saturated carbocycles. The zero-order valence-electron chi connectivity index (χ0n) is 20.2. The molecule has 4 heteroatoms. The van der Waals surface area contributed by atoms with Gasteiger partial charge < -0.3 is 15.3 Å². The Balaban J connectivity index is 1.60. The van der Waals surface area contributed by atoms with Crippen LogP contribution in [0.15, 0.2) is 11.6 Å². The van der Waals surface area contributed by atoms with Gasteiger partial charge >= 0.3 is 0 Å². The second-order valence-electron chi connectivity index (χ2n) is 12.5. The van der Waals surface area contributed by atoms with Crippen molar-refractivity contribution in [1.29, 1.82) is 0 Å². The van der Waals surface area contributed by atoms with Crippen LogP contribution in [0.25, 0.3) is 0 Å². The standard InChI is InChI=1S/C27H44O4/c1-16(2)6-9-23(30)27(5,31)24-22(29)15-21-19-8-7-17-14-18(28)10-12-25(17,3)20(19)11-13-26(21,24)4/h14,16,19-24,29-31H,6-13,15H2,1-5H3. The van der Waals surface area contributed by atoms with Gasteiger partial charge in [-0.25, -0.2) is 0 Å². The van der Waals surface area contributed by atoms with Gasteiger partial charge in [-0.3, -0.25) is 4.79 Å². The van der Waals surface area contributed by atoms with E-state index in [1.807, 2.05) is 6.08 Å². The molecule has 4 rings (SSSR count). The highest BCUT2D eigenvalue weighted by molar-refractivity contribution is 5.91. The van der Waals surface area contributed by atoms with Crippen molar-refractivity contribution in [3.05, 3.63) is 11.6 Å². The number of aliphatic hydroxyl groups is 3. The Morgan fingerprint density at radius 1 is 1.13 bits per heavy atom. The van der Waals surface area contributed by atoms with Gasteiger partial charge in [-0.15, -0.1) is 0 Å². The minimum Gasteiger partial charge on any atom is -0.393 e. The van der Waals surface area contributed by atoms with Gasteiger partial charge in [-0.1, -0.05) is 33.3 Å². The molecule has 9 atom stereocenters. The van der Waals surface area contributed by atoms with E-state index in [-0.39, 0.29) is 22.5 Å². The molecule has 0 radical (unpaired) electrons. The predicted octanol–water partition coefficient (Wildman–Crippen LogP) is 4.65. The third-order valence-electron chi connectivity index (χ3n) is 10.3. The molecular weight excluding hydrogens is 388 g/mol. The van der Waals surface area contributed by atoms with E-state index in [0.717, 1.165) is 44.9 Å². The van der Waals surface area contributed by atoms with E-state index < -0.39 is 17.8 Å². The van der Waals surface area contributed by atoms with Crippen molar-refractivity contribution >= 4 is 5.78 Å². The smallest absolute Gasteiger partial charge is 0.155 e. The van der Waals surface area contributed by atoms with Crippen molar-refractivity contribution in [2.75, 3.05) is 0 Å². The van der Waals surface area contributed by atoms with Crippen LogP contribution in [0.1, 0.15) is 92.4 Å². The molecule has 176 valence electrons. The Labute approximate surface area is 188 Å². The van der Waals surface area contributed by atoms with Crippen molar-refractivity contribution in [2.45, 2.75) is 110 Å². The van der Waals surface area contributed by atoms with Gasteiger partial charge in [-0.2, -0.15) is 0 Å². The lowest BCUT2D eigenvalue weighted by molar-refractivity contribution is -0.169. The zero-order valence-corrected chi connectivity index (χ0v) is 20.2. The van der Waals surface area contributed by atoms with Crippen molar-refractivity contribution in [3.63, 3.8) is 0 Å². The number of allylic oxidation sites excluding steroid dienone is 1. The summed E-state index contributed by atoms with van der Waals surface area (Å²) >= 11 is 0. The summed E-state index contributed by atoms with van der Waals surface area (Å²) in [5.74, 6) is 1.91. The molecule has 9 unspecified atom stereocenters. The van der Waals surface area contributed by atoms with Crippen LogP contribution in [-0.2, 0) is 4.79 Å². The summed E-state index contributed by atoms with van der Waals surface area (Å²) in [6, 6.07) is 0. The number of hydrogen-bond donors (Lipinski definition) is 3. The number of carbonyl (C=O) groups excluding carboxylic acids is 1. The van der Waals surface area contributed by atoms with Crippen LogP contribution >= 0.6 is 0 Å². The third kappa shape index (κ3) is 3.65. The van der Waals surface area contributed by atoms with E-state index in [0.29, 0.717) is 36.5 Å². The van der Waals surface area contributed by atoms with Crippen molar-refractivity contribution in [3.8, 4) is 0 Å². The normalized spacial score (nSPS) is 45.4. The third-order valence-corrected chi connectivity index (χ3v) is 10.3. The number of carbonyl (C=O) groups is 1. The highest BCUT2D eigenvalue weighted by atomic mass is 16.3. The maximum absolute atomic E-state index is 12.0. The first-order valence-electron chi connectivity index (χ1n) is 12.7. The minimum atomic E-state index is -1.29. The molecular formula is C27H44O4.